The van der Waals surface area contributed by atoms with E-state index in [1.54, 1.807) is 6.92 Å². The van der Waals surface area contributed by atoms with Crippen molar-refractivity contribution in [1.82, 2.24) is 10.2 Å². The van der Waals surface area contributed by atoms with Crippen LogP contribution in [0, 0.1) is 6.92 Å². The molecule has 0 aliphatic carbocycles. The van der Waals surface area contributed by atoms with Gasteiger partial charge in [0.15, 0.2) is 0 Å². The Morgan fingerprint density at radius 2 is 2.56 bits per heavy atom. The normalized spacial score (nSPS) is 9.56. The Bertz CT molecular complexity index is 231. The van der Waals surface area contributed by atoms with Gasteiger partial charge in [-0.25, -0.2) is 0 Å². The quantitative estimate of drug-likeness (QED) is 0.600. The van der Waals surface area contributed by atoms with Gasteiger partial charge in [0.2, 0.25) is 0 Å². The summed E-state index contributed by atoms with van der Waals surface area (Å²) in [6, 6.07) is 0. The van der Waals surface area contributed by atoms with Gasteiger partial charge in [-0.15, -0.1) is 0 Å². The molecule has 4 heteroatoms. The molecule has 0 aliphatic heterocycles. The molecule has 0 saturated carbocycles. The molecule has 48 valence electrons. The number of aromatic nitrogens is 2. The number of halogens is 1. The molecule has 9 heavy (non-hydrogen) atoms. The third kappa shape index (κ3) is 1.10. The number of aryl methyl sites for hydroxylation is 1. The SMILES string of the molecule is Cc1[nH]ncc1C(=O)Cl. The summed E-state index contributed by atoms with van der Waals surface area (Å²) in [5.41, 5.74) is 1.15. The highest BCUT2D eigenvalue weighted by atomic mass is 35.5. The van der Waals surface area contributed by atoms with Gasteiger partial charge in [0.05, 0.1) is 11.8 Å². The molecule has 0 spiro atoms. The smallest absolute Gasteiger partial charge is 0.255 e. The molecule has 0 aromatic carbocycles. The molecular weight excluding hydrogens is 140 g/mol. The lowest BCUT2D eigenvalue weighted by molar-refractivity contribution is 0.108. The second-order valence-electron chi connectivity index (χ2n) is 1.68. The Kier molecular flexibility index (Phi) is 1.53. The summed E-state index contributed by atoms with van der Waals surface area (Å²) in [7, 11) is 0. The minimum Gasteiger partial charge on any atom is -0.282 e. The van der Waals surface area contributed by atoms with Gasteiger partial charge in [0.25, 0.3) is 5.24 Å². The number of hydrogen-bond acceptors (Lipinski definition) is 2. The van der Waals surface area contributed by atoms with Crippen LogP contribution in [0.5, 0.6) is 0 Å². The van der Waals surface area contributed by atoms with Crippen molar-refractivity contribution in [3.05, 3.63) is 17.5 Å². The van der Waals surface area contributed by atoms with Crippen molar-refractivity contribution in [2.24, 2.45) is 0 Å². The van der Waals surface area contributed by atoms with Crippen LogP contribution >= 0.6 is 11.6 Å². The standard InChI is InChI=1S/C5H5ClN2O/c1-3-4(5(6)9)2-7-8-3/h2H,1H3,(H,7,8). The minimum atomic E-state index is -0.471. The molecule has 0 fully saturated rings. The molecule has 3 nitrogen and oxygen atoms in total. The predicted molar refractivity (Wildman–Crippen MR) is 33.5 cm³/mol. The largest absolute Gasteiger partial charge is 0.282 e. The van der Waals surface area contributed by atoms with Crippen molar-refractivity contribution in [3.8, 4) is 0 Å². The lowest BCUT2D eigenvalue weighted by Gasteiger charge is -1.84. The Morgan fingerprint density at radius 1 is 1.89 bits per heavy atom. The Hall–Kier alpha value is -0.830. The summed E-state index contributed by atoms with van der Waals surface area (Å²) >= 11 is 5.15. The third-order valence-corrected chi connectivity index (χ3v) is 1.25. The molecular formula is C5H5ClN2O. The summed E-state index contributed by atoms with van der Waals surface area (Å²) in [6.45, 7) is 1.74. The zero-order chi connectivity index (χ0) is 6.85. The van der Waals surface area contributed by atoms with Crippen molar-refractivity contribution in [3.63, 3.8) is 0 Å². The topological polar surface area (TPSA) is 45.8 Å². The number of carbonyl (C=O) groups is 1. The van der Waals surface area contributed by atoms with Gasteiger partial charge in [-0.2, -0.15) is 5.10 Å². The van der Waals surface area contributed by atoms with Gasteiger partial charge in [-0.1, -0.05) is 0 Å². The minimum absolute atomic E-state index is 0.441. The van der Waals surface area contributed by atoms with E-state index in [0.717, 1.165) is 0 Å². The van der Waals surface area contributed by atoms with Crippen LogP contribution in [0.25, 0.3) is 0 Å². The molecule has 0 amide bonds. The van der Waals surface area contributed by atoms with E-state index in [2.05, 4.69) is 10.2 Å². The monoisotopic (exact) mass is 144 g/mol. The van der Waals surface area contributed by atoms with Crippen LogP contribution in [-0.2, 0) is 0 Å². The molecule has 1 rings (SSSR count). The summed E-state index contributed by atoms with van der Waals surface area (Å²) in [5, 5.41) is 5.74. The van der Waals surface area contributed by atoms with E-state index >= 15 is 0 Å². The van der Waals surface area contributed by atoms with Crippen LogP contribution in [0.1, 0.15) is 16.1 Å². The first-order valence-corrected chi connectivity index (χ1v) is 2.79. The lowest BCUT2D eigenvalue weighted by atomic mass is 10.3. The van der Waals surface area contributed by atoms with E-state index in [1.165, 1.54) is 6.20 Å². The number of nitrogens with zero attached hydrogens (tertiary/aromatic N) is 1. The van der Waals surface area contributed by atoms with Gasteiger partial charge in [0.1, 0.15) is 0 Å². The van der Waals surface area contributed by atoms with Crippen molar-refractivity contribution in [2.45, 2.75) is 6.92 Å². The highest BCUT2D eigenvalue weighted by Crippen LogP contribution is 2.04. The zero-order valence-electron chi connectivity index (χ0n) is 4.81. The van der Waals surface area contributed by atoms with Crippen molar-refractivity contribution < 1.29 is 4.79 Å². The van der Waals surface area contributed by atoms with Gasteiger partial charge < -0.3 is 0 Å². The Balaban J connectivity index is 3.08. The molecule has 1 heterocycles. The Labute approximate surface area is 57.0 Å². The van der Waals surface area contributed by atoms with Crippen LogP contribution in [0.2, 0.25) is 0 Å². The van der Waals surface area contributed by atoms with E-state index in [9.17, 15) is 4.79 Å². The lowest BCUT2D eigenvalue weighted by Crippen LogP contribution is -1.87. The molecule has 0 radical (unpaired) electrons. The highest BCUT2D eigenvalue weighted by Gasteiger charge is 2.05. The van der Waals surface area contributed by atoms with Crippen LogP contribution in [-0.4, -0.2) is 15.4 Å². The van der Waals surface area contributed by atoms with E-state index in [-0.39, 0.29) is 0 Å². The number of nitrogens with one attached hydrogen (secondary N) is 1. The van der Waals surface area contributed by atoms with Crippen LogP contribution < -0.4 is 0 Å². The number of rotatable bonds is 1. The van der Waals surface area contributed by atoms with Crippen molar-refractivity contribution in [2.75, 3.05) is 0 Å². The molecule has 0 saturated heterocycles. The van der Waals surface area contributed by atoms with Gasteiger partial charge in [0, 0.05) is 5.69 Å². The number of carbonyl (C=O) groups excluding carboxylic acids is 1. The van der Waals surface area contributed by atoms with E-state index in [0.29, 0.717) is 11.3 Å². The summed E-state index contributed by atoms with van der Waals surface area (Å²) in [4.78, 5) is 10.4. The first-order chi connectivity index (χ1) is 4.22. The highest BCUT2D eigenvalue weighted by molar-refractivity contribution is 6.67. The fraction of sp³-hybridized carbons (Fsp3) is 0.200. The second-order valence-corrected chi connectivity index (χ2v) is 2.03. The van der Waals surface area contributed by atoms with E-state index in [1.807, 2.05) is 0 Å². The number of hydrogen-bond donors (Lipinski definition) is 1. The van der Waals surface area contributed by atoms with Gasteiger partial charge >= 0.3 is 0 Å². The van der Waals surface area contributed by atoms with Crippen LogP contribution in [0.3, 0.4) is 0 Å². The number of aromatic amines is 1. The summed E-state index contributed by atoms with van der Waals surface area (Å²) in [6.07, 6.45) is 1.41. The fourth-order valence-corrected chi connectivity index (χ4v) is 0.739. The predicted octanol–water partition coefficient (Wildman–Crippen LogP) is 1.10. The molecule has 0 aliphatic rings. The van der Waals surface area contributed by atoms with Gasteiger partial charge in [-0.3, -0.25) is 9.89 Å². The van der Waals surface area contributed by atoms with E-state index < -0.39 is 5.24 Å². The summed E-state index contributed by atoms with van der Waals surface area (Å²) < 4.78 is 0. The molecule has 1 N–H and O–H groups in total. The first-order valence-electron chi connectivity index (χ1n) is 2.41. The molecule has 1 aromatic heterocycles. The average molecular weight is 145 g/mol. The summed E-state index contributed by atoms with van der Waals surface area (Å²) in [5.74, 6) is 0. The van der Waals surface area contributed by atoms with E-state index in [4.69, 9.17) is 11.6 Å². The van der Waals surface area contributed by atoms with Crippen molar-refractivity contribution in [1.29, 1.82) is 0 Å². The van der Waals surface area contributed by atoms with Gasteiger partial charge in [-0.05, 0) is 18.5 Å². The van der Waals surface area contributed by atoms with Crippen LogP contribution in [0.4, 0.5) is 0 Å². The average Bonchev–Trinajstić information content (AvgIpc) is 2.13. The fourth-order valence-electron chi connectivity index (χ4n) is 0.549. The first kappa shape index (κ1) is 6.29. The van der Waals surface area contributed by atoms with Crippen LogP contribution in [0.15, 0.2) is 6.20 Å². The molecule has 0 bridgehead atoms. The number of H-pyrrole nitrogens is 1. The third-order valence-electron chi connectivity index (χ3n) is 1.04. The maximum Gasteiger partial charge on any atom is 0.255 e. The van der Waals surface area contributed by atoms with Crippen molar-refractivity contribution >= 4 is 16.8 Å². The maximum absolute atomic E-state index is 10.4. The molecule has 0 unspecified atom stereocenters. The second kappa shape index (κ2) is 2.19. The Morgan fingerprint density at radius 3 is 2.78 bits per heavy atom. The zero-order valence-corrected chi connectivity index (χ0v) is 5.57. The molecule has 1 aromatic rings. The maximum atomic E-state index is 10.4. The molecule has 0 atom stereocenters.